The van der Waals surface area contributed by atoms with Crippen LogP contribution in [0.4, 0.5) is 0 Å². The van der Waals surface area contributed by atoms with Gasteiger partial charge in [-0.2, -0.15) is 0 Å². The van der Waals surface area contributed by atoms with E-state index in [-0.39, 0.29) is 0 Å². The molecule has 1 unspecified atom stereocenters. The molecular weight excluding hydrogens is 246 g/mol. The maximum atomic E-state index is 10.8. The average Bonchev–Trinajstić information content (AvgIpc) is 2.46. The zero-order valence-corrected chi connectivity index (χ0v) is 12.7. The summed E-state index contributed by atoms with van der Waals surface area (Å²) < 4.78 is 0. The van der Waals surface area contributed by atoms with E-state index in [0.717, 1.165) is 5.56 Å². The fourth-order valence-corrected chi connectivity index (χ4v) is 2.61. The van der Waals surface area contributed by atoms with Gasteiger partial charge in [-0.3, -0.25) is 4.98 Å². The number of benzene rings is 1. The molecule has 106 valence electrons. The Kier molecular flexibility index (Phi) is 4.56. The fraction of sp³-hybridized carbons (Fsp3) is 0.389. The van der Waals surface area contributed by atoms with Crippen molar-refractivity contribution in [3.63, 3.8) is 0 Å². The van der Waals surface area contributed by atoms with Crippen molar-refractivity contribution in [1.29, 1.82) is 0 Å². The summed E-state index contributed by atoms with van der Waals surface area (Å²) in [5.74, 6) is 0.754. The number of pyridine rings is 1. The molecule has 0 amide bonds. The number of aromatic nitrogens is 1. The fourth-order valence-electron chi connectivity index (χ4n) is 2.61. The van der Waals surface area contributed by atoms with E-state index in [2.05, 4.69) is 50.9 Å². The van der Waals surface area contributed by atoms with E-state index in [4.69, 9.17) is 0 Å². The lowest BCUT2D eigenvalue weighted by Crippen LogP contribution is -2.11. The van der Waals surface area contributed by atoms with Crippen molar-refractivity contribution in [3.05, 3.63) is 65.0 Å². The molecule has 2 nitrogen and oxygen atoms in total. The number of aliphatic hydroxyl groups is 1. The van der Waals surface area contributed by atoms with Gasteiger partial charge in [0.1, 0.15) is 6.10 Å². The molecule has 2 heteroatoms. The number of aliphatic hydroxyl groups excluding tert-OH is 1. The van der Waals surface area contributed by atoms with Crippen LogP contribution in [0, 0.1) is 0 Å². The zero-order chi connectivity index (χ0) is 14.7. The zero-order valence-electron chi connectivity index (χ0n) is 12.7. The molecule has 0 saturated heterocycles. The minimum Gasteiger partial charge on any atom is -0.382 e. The van der Waals surface area contributed by atoms with Gasteiger partial charge < -0.3 is 5.11 Å². The van der Waals surface area contributed by atoms with Gasteiger partial charge in [0.05, 0.1) is 5.69 Å². The Labute approximate surface area is 121 Å². The molecule has 20 heavy (non-hydrogen) atoms. The SMILES string of the molecule is CC(C)c1cccc(C(C)C)c1C(O)c1ccccn1. The van der Waals surface area contributed by atoms with Crippen LogP contribution in [0.2, 0.25) is 0 Å². The van der Waals surface area contributed by atoms with E-state index < -0.39 is 6.10 Å². The third kappa shape index (κ3) is 2.91. The van der Waals surface area contributed by atoms with Crippen LogP contribution in [-0.4, -0.2) is 10.1 Å². The standard InChI is InChI=1S/C18H23NO/c1-12(2)14-8-7-9-15(13(3)4)17(14)18(20)16-10-5-6-11-19-16/h5-13,18,20H,1-4H3. The molecule has 1 atom stereocenters. The summed E-state index contributed by atoms with van der Waals surface area (Å²) in [6.07, 6.45) is 1.07. The molecule has 0 spiro atoms. The molecular formula is C18H23NO. The summed E-state index contributed by atoms with van der Waals surface area (Å²) in [6, 6.07) is 12.0. The summed E-state index contributed by atoms with van der Waals surface area (Å²) in [4.78, 5) is 4.31. The molecule has 0 radical (unpaired) electrons. The van der Waals surface area contributed by atoms with Gasteiger partial charge >= 0.3 is 0 Å². The Morgan fingerprint density at radius 2 is 1.45 bits per heavy atom. The van der Waals surface area contributed by atoms with Crippen molar-refractivity contribution in [2.24, 2.45) is 0 Å². The molecule has 1 aromatic heterocycles. The maximum Gasteiger partial charge on any atom is 0.121 e. The Morgan fingerprint density at radius 3 is 1.90 bits per heavy atom. The van der Waals surface area contributed by atoms with Crippen molar-refractivity contribution < 1.29 is 5.11 Å². The summed E-state index contributed by atoms with van der Waals surface area (Å²) in [6.45, 7) is 8.64. The van der Waals surface area contributed by atoms with Crippen LogP contribution < -0.4 is 0 Å². The molecule has 1 aromatic carbocycles. The first-order chi connectivity index (χ1) is 9.52. The second kappa shape index (κ2) is 6.19. The lowest BCUT2D eigenvalue weighted by atomic mass is 9.85. The third-order valence-corrected chi connectivity index (χ3v) is 3.66. The first kappa shape index (κ1) is 14.7. The number of hydrogen-bond donors (Lipinski definition) is 1. The van der Waals surface area contributed by atoms with Gasteiger partial charge in [-0.1, -0.05) is 52.0 Å². The highest BCUT2D eigenvalue weighted by Gasteiger charge is 2.22. The number of nitrogens with zero attached hydrogens (tertiary/aromatic N) is 1. The minimum atomic E-state index is -0.660. The van der Waals surface area contributed by atoms with E-state index in [1.54, 1.807) is 6.20 Å². The smallest absolute Gasteiger partial charge is 0.121 e. The number of rotatable bonds is 4. The van der Waals surface area contributed by atoms with E-state index in [1.807, 2.05) is 18.2 Å². The van der Waals surface area contributed by atoms with Crippen molar-refractivity contribution in [2.45, 2.75) is 45.6 Å². The monoisotopic (exact) mass is 269 g/mol. The summed E-state index contributed by atoms with van der Waals surface area (Å²) >= 11 is 0. The highest BCUT2D eigenvalue weighted by atomic mass is 16.3. The van der Waals surface area contributed by atoms with Crippen LogP contribution in [0.5, 0.6) is 0 Å². The molecule has 0 saturated carbocycles. The molecule has 0 fully saturated rings. The maximum absolute atomic E-state index is 10.8. The van der Waals surface area contributed by atoms with Crippen molar-refractivity contribution in [3.8, 4) is 0 Å². The van der Waals surface area contributed by atoms with Crippen LogP contribution in [-0.2, 0) is 0 Å². The number of hydrogen-bond acceptors (Lipinski definition) is 2. The predicted octanol–water partition coefficient (Wildman–Crippen LogP) is 4.41. The van der Waals surface area contributed by atoms with Crippen LogP contribution >= 0.6 is 0 Å². The van der Waals surface area contributed by atoms with Gasteiger partial charge in [0.25, 0.3) is 0 Å². The first-order valence-electron chi connectivity index (χ1n) is 7.24. The van der Waals surface area contributed by atoms with E-state index >= 15 is 0 Å². The lowest BCUT2D eigenvalue weighted by molar-refractivity contribution is 0.212. The molecule has 0 aliphatic carbocycles. The molecule has 0 aliphatic rings. The van der Waals surface area contributed by atoms with E-state index in [9.17, 15) is 5.11 Å². The Bertz CT molecular complexity index is 535. The Hall–Kier alpha value is -1.67. The van der Waals surface area contributed by atoms with Crippen molar-refractivity contribution >= 4 is 0 Å². The summed E-state index contributed by atoms with van der Waals surface area (Å²) in [5, 5.41) is 10.8. The molecule has 1 heterocycles. The molecule has 2 rings (SSSR count). The van der Waals surface area contributed by atoms with Crippen LogP contribution in [0.25, 0.3) is 0 Å². The normalized spacial score (nSPS) is 12.9. The van der Waals surface area contributed by atoms with Gasteiger partial charge in [0.15, 0.2) is 0 Å². The van der Waals surface area contributed by atoms with Gasteiger partial charge in [-0.05, 0) is 40.7 Å². The summed E-state index contributed by atoms with van der Waals surface area (Å²) in [7, 11) is 0. The Morgan fingerprint density at radius 1 is 0.850 bits per heavy atom. The molecule has 2 aromatic rings. The summed E-state index contributed by atoms with van der Waals surface area (Å²) in [5.41, 5.74) is 4.14. The van der Waals surface area contributed by atoms with Crippen LogP contribution in [0.15, 0.2) is 42.6 Å². The predicted molar refractivity (Wildman–Crippen MR) is 82.9 cm³/mol. The highest BCUT2D eigenvalue weighted by Crippen LogP contribution is 2.34. The second-order valence-corrected chi connectivity index (χ2v) is 5.82. The van der Waals surface area contributed by atoms with Crippen LogP contribution in [0.1, 0.15) is 68.0 Å². The Balaban J connectivity index is 2.58. The lowest BCUT2D eigenvalue weighted by Gasteiger charge is -2.23. The van der Waals surface area contributed by atoms with Crippen molar-refractivity contribution in [1.82, 2.24) is 4.98 Å². The van der Waals surface area contributed by atoms with Gasteiger partial charge in [0, 0.05) is 6.20 Å². The largest absolute Gasteiger partial charge is 0.382 e. The highest BCUT2D eigenvalue weighted by molar-refractivity contribution is 5.43. The van der Waals surface area contributed by atoms with E-state index in [0.29, 0.717) is 17.5 Å². The molecule has 1 N–H and O–H groups in total. The minimum absolute atomic E-state index is 0.377. The van der Waals surface area contributed by atoms with Crippen molar-refractivity contribution in [2.75, 3.05) is 0 Å². The first-order valence-corrected chi connectivity index (χ1v) is 7.24. The van der Waals surface area contributed by atoms with Gasteiger partial charge in [-0.15, -0.1) is 0 Å². The molecule has 0 aliphatic heterocycles. The second-order valence-electron chi connectivity index (χ2n) is 5.82. The van der Waals surface area contributed by atoms with Crippen LogP contribution in [0.3, 0.4) is 0 Å². The van der Waals surface area contributed by atoms with Gasteiger partial charge in [-0.25, -0.2) is 0 Å². The van der Waals surface area contributed by atoms with E-state index in [1.165, 1.54) is 11.1 Å². The quantitative estimate of drug-likeness (QED) is 0.891. The van der Waals surface area contributed by atoms with Gasteiger partial charge in [0.2, 0.25) is 0 Å². The average molecular weight is 269 g/mol. The third-order valence-electron chi connectivity index (χ3n) is 3.66. The topological polar surface area (TPSA) is 33.1 Å². The molecule has 0 bridgehead atoms.